The molecule has 0 amide bonds. The summed E-state index contributed by atoms with van der Waals surface area (Å²) in [5, 5.41) is 13.6. The number of nitrogens with one attached hydrogen (secondary N) is 1. The van der Waals surface area contributed by atoms with E-state index in [1.54, 1.807) is 0 Å². The van der Waals surface area contributed by atoms with Crippen molar-refractivity contribution in [2.24, 2.45) is 5.92 Å². The minimum Gasteiger partial charge on any atom is -0.393 e. The molecule has 20 heavy (non-hydrogen) atoms. The Morgan fingerprint density at radius 1 is 0.850 bits per heavy atom. The lowest BCUT2D eigenvalue weighted by Crippen LogP contribution is -2.48. The van der Waals surface area contributed by atoms with Crippen LogP contribution in [0.5, 0.6) is 0 Å². The summed E-state index contributed by atoms with van der Waals surface area (Å²) in [6, 6.07) is 1.59. The van der Waals surface area contributed by atoms with E-state index in [1.807, 2.05) is 0 Å². The Balaban J connectivity index is 1.35. The Bertz CT molecular complexity index is 283. The van der Waals surface area contributed by atoms with Crippen LogP contribution in [0.25, 0.3) is 0 Å². The Kier molecular flexibility index (Phi) is 5.36. The van der Waals surface area contributed by atoms with E-state index in [9.17, 15) is 5.11 Å². The molecular formula is C17H32N2O. The van der Waals surface area contributed by atoms with E-state index < -0.39 is 0 Å². The highest BCUT2D eigenvalue weighted by atomic mass is 16.3. The van der Waals surface area contributed by atoms with Gasteiger partial charge in [-0.2, -0.15) is 0 Å². The van der Waals surface area contributed by atoms with Gasteiger partial charge in [0.25, 0.3) is 0 Å². The van der Waals surface area contributed by atoms with Gasteiger partial charge in [-0.25, -0.2) is 0 Å². The minimum atomic E-state index is -0.0372. The van der Waals surface area contributed by atoms with Gasteiger partial charge >= 0.3 is 0 Å². The van der Waals surface area contributed by atoms with Crippen LogP contribution < -0.4 is 5.32 Å². The molecular weight excluding hydrogens is 248 g/mol. The van der Waals surface area contributed by atoms with E-state index in [2.05, 4.69) is 10.2 Å². The molecule has 1 heterocycles. The monoisotopic (exact) mass is 280 g/mol. The van der Waals surface area contributed by atoms with Crippen LogP contribution in [0.2, 0.25) is 0 Å². The maximum atomic E-state index is 9.88. The van der Waals surface area contributed by atoms with E-state index >= 15 is 0 Å². The predicted molar refractivity (Wildman–Crippen MR) is 82.8 cm³/mol. The number of hydrogen-bond donors (Lipinski definition) is 2. The van der Waals surface area contributed by atoms with Gasteiger partial charge in [-0.3, -0.25) is 0 Å². The third kappa shape index (κ3) is 3.75. The summed E-state index contributed by atoms with van der Waals surface area (Å²) in [6.07, 6.45) is 13.3. The Morgan fingerprint density at radius 2 is 1.60 bits per heavy atom. The summed E-state index contributed by atoms with van der Waals surface area (Å²) in [5.41, 5.74) is 0. The van der Waals surface area contributed by atoms with E-state index in [4.69, 9.17) is 0 Å². The molecule has 2 atom stereocenters. The van der Waals surface area contributed by atoms with Crippen molar-refractivity contribution in [3.05, 3.63) is 0 Å². The minimum absolute atomic E-state index is 0.0372. The number of hydrogen-bond acceptors (Lipinski definition) is 3. The normalized spacial score (nSPS) is 34.6. The van der Waals surface area contributed by atoms with E-state index in [1.165, 1.54) is 70.9 Å². The van der Waals surface area contributed by atoms with Crippen molar-refractivity contribution < 1.29 is 5.11 Å². The molecule has 2 aliphatic carbocycles. The Labute approximate surface area is 124 Å². The zero-order valence-electron chi connectivity index (χ0n) is 12.9. The standard InChI is InChI=1S/C17H32N2O/c20-17-8-4-5-14(17)13-18-15-9-11-19(12-10-15)16-6-2-1-3-7-16/h14-18,20H,1-13H2. The molecule has 3 rings (SSSR count). The first kappa shape index (κ1) is 14.8. The highest BCUT2D eigenvalue weighted by Crippen LogP contribution is 2.27. The average molecular weight is 280 g/mol. The van der Waals surface area contributed by atoms with Crippen LogP contribution in [0.15, 0.2) is 0 Å². The second-order valence-corrected chi connectivity index (χ2v) is 7.27. The summed E-state index contributed by atoms with van der Waals surface area (Å²) < 4.78 is 0. The van der Waals surface area contributed by atoms with E-state index in [0.29, 0.717) is 12.0 Å². The summed E-state index contributed by atoms with van der Waals surface area (Å²) in [7, 11) is 0. The molecule has 1 saturated heterocycles. The van der Waals surface area contributed by atoms with Crippen molar-refractivity contribution in [2.75, 3.05) is 19.6 Å². The summed E-state index contributed by atoms with van der Waals surface area (Å²) in [4.78, 5) is 2.75. The van der Waals surface area contributed by atoms with Crippen molar-refractivity contribution in [3.8, 4) is 0 Å². The molecule has 3 nitrogen and oxygen atoms in total. The number of piperidine rings is 1. The van der Waals surface area contributed by atoms with Gasteiger partial charge in [0.15, 0.2) is 0 Å². The van der Waals surface area contributed by atoms with Crippen LogP contribution in [0.4, 0.5) is 0 Å². The SMILES string of the molecule is OC1CCCC1CNC1CCN(C2CCCCC2)CC1. The lowest BCUT2D eigenvalue weighted by molar-refractivity contribution is 0.105. The molecule has 0 aromatic heterocycles. The molecule has 116 valence electrons. The number of rotatable bonds is 4. The highest BCUT2D eigenvalue weighted by molar-refractivity contribution is 4.85. The van der Waals surface area contributed by atoms with Crippen LogP contribution in [-0.4, -0.2) is 47.8 Å². The second kappa shape index (κ2) is 7.24. The van der Waals surface area contributed by atoms with Gasteiger partial charge < -0.3 is 15.3 Å². The second-order valence-electron chi connectivity index (χ2n) is 7.27. The molecule has 3 heteroatoms. The van der Waals surface area contributed by atoms with Gasteiger partial charge in [0, 0.05) is 18.6 Å². The van der Waals surface area contributed by atoms with Crippen molar-refractivity contribution >= 4 is 0 Å². The fraction of sp³-hybridized carbons (Fsp3) is 1.00. The van der Waals surface area contributed by atoms with Crippen molar-refractivity contribution in [1.82, 2.24) is 10.2 Å². The molecule has 0 radical (unpaired) electrons. The molecule has 0 aromatic carbocycles. The van der Waals surface area contributed by atoms with Crippen LogP contribution in [-0.2, 0) is 0 Å². The van der Waals surface area contributed by atoms with E-state index in [-0.39, 0.29) is 6.10 Å². The lowest BCUT2D eigenvalue weighted by Gasteiger charge is -2.39. The molecule has 1 aliphatic heterocycles. The smallest absolute Gasteiger partial charge is 0.0580 e. The first-order valence-corrected chi connectivity index (χ1v) is 8.98. The lowest BCUT2D eigenvalue weighted by atomic mass is 9.92. The van der Waals surface area contributed by atoms with Crippen molar-refractivity contribution in [2.45, 2.75) is 82.4 Å². The Morgan fingerprint density at radius 3 is 2.25 bits per heavy atom. The molecule has 2 unspecified atom stereocenters. The fourth-order valence-corrected chi connectivity index (χ4v) is 4.49. The zero-order valence-corrected chi connectivity index (χ0v) is 12.9. The zero-order chi connectivity index (χ0) is 13.8. The quantitative estimate of drug-likeness (QED) is 0.831. The first-order chi connectivity index (χ1) is 9.83. The summed E-state index contributed by atoms with van der Waals surface area (Å²) in [6.45, 7) is 3.61. The highest BCUT2D eigenvalue weighted by Gasteiger charge is 2.28. The molecule has 3 aliphatic rings. The molecule has 0 spiro atoms. The fourth-order valence-electron chi connectivity index (χ4n) is 4.49. The number of nitrogens with zero attached hydrogens (tertiary/aromatic N) is 1. The first-order valence-electron chi connectivity index (χ1n) is 8.98. The van der Waals surface area contributed by atoms with Gasteiger partial charge in [0.1, 0.15) is 0 Å². The van der Waals surface area contributed by atoms with Gasteiger partial charge in [-0.1, -0.05) is 25.7 Å². The molecule has 0 bridgehead atoms. The molecule has 3 fully saturated rings. The molecule has 2 saturated carbocycles. The maximum Gasteiger partial charge on any atom is 0.0580 e. The molecule has 2 N–H and O–H groups in total. The van der Waals surface area contributed by atoms with E-state index in [0.717, 1.165) is 19.0 Å². The third-order valence-corrected chi connectivity index (χ3v) is 5.91. The average Bonchev–Trinajstić information content (AvgIpc) is 2.92. The van der Waals surface area contributed by atoms with Gasteiger partial charge in [-0.15, -0.1) is 0 Å². The summed E-state index contributed by atoms with van der Waals surface area (Å²) in [5.74, 6) is 0.520. The van der Waals surface area contributed by atoms with Gasteiger partial charge in [-0.05, 0) is 57.5 Å². The van der Waals surface area contributed by atoms with Crippen LogP contribution in [0, 0.1) is 5.92 Å². The van der Waals surface area contributed by atoms with Gasteiger partial charge in [0.05, 0.1) is 6.10 Å². The van der Waals surface area contributed by atoms with Crippen LogP contribution in [0.1, 0.15) is 64.2 Å². The van der Waals surface area contributed by atoms with Crippen LogP contribution >= 0.6 is 0 Å². The van der Waals surface area contributed by atoms with Crippen LogP contribution in [0.3, 0.4) is 0 Å². The van der Waals surface area contributed by atoms with Gasteiger partial charge in [0.2, 0.25) is 0 Å². The van der Waals surface area contributed by atoms with Crippen molar-refractivity contribution in [1.29, 1.82) is 0 Å². The number of aliphatic hydroxyl groups is 1. The number of aliphatic hydroxyl groups excluding tert-OH is 1. The largest absolute Gasteiger partial charge is 0.393 e. The van der Waals surface area contributed by atoms with Crippen molar-refractivity contribution in [3.63, 3.8) is 0 Å². The Hall–Kier alpha value is -0.120. The predicted octanol–water partition coefficient (Wildman–Crippen LogP) is 2.53. The maximum absolute atomic E-state index is 9.88. The third-order valence-electron chi connectivity index (χ3n) is 5.91. The number of likely N-dealkylation sites (tertiary alicyclic amines) is 1. The topological polar surface area (TPSA) is 35.5 Å². The molecule has 0 aromatic rings. The summed E-state index contributed by atoms with van der Waals surface area (Å²) >= 11 is 0.